The van der Waals surface area contributed by atoms with Crippen molar-refractivity contribution >= 4 is 17.9 Å². The van der Waals surface area contributed by atoms with Crippen LogP contribution in [0.15, 0.2) is 34.5 Å². The topological polar surface area (TPSA) is 101 Å². The molecular formula is C9H13N5O2. The van der Waals surface area contributed by atoms with Crippen LogP contribution in [0.1, 0.15) is 0 Å². The van der Waals surface area contributed by atoms with Crippen molar-refractivity contribution in [3.05, 3.63) is 24.6 Å². The summed E-state index contributed by atoms with van der Waals surface area (Å²) in [5.41, 5.74) is 5.52. The van der Waals surface area contributed by atoms with E-state index in [0.29, 0.717) is 5.96 Å². The number of nitrogens with zero attached hydrogens (tertiary/aromatic N) is 2. The van der Waals surface area contributed by atoms with E-state index in [1.54, 1.807) is 24.6 Å². The molecule has 1 aliphatic heterocycles. The third-order valence-electron chi connectivity index (χ3n) is 1.57. The average molecular weight is 223 g/mol. The largest absolute Gasteiger partial charge is 0.468 e. The average Bonchev–Trinajstić information content (AvgIpc) is 2.54. The Morgan fingerprint density at radius 2 is 2.50 bits per heavy atom. The molecule has 0 aromatic rings. The molecule has 1 rings (SSSR count). The maximum Gasteiger partial charge on any atom is 0.327 e. The first-order valence-electron chi connectivity index (χ1n) is 4.52. The molecule has 0 saturated heterocycles. The highest BCUT2D eigenvalue weighted by molar-refractivity contribution is 5.99. The van der Waals surface area contributed by atoms with E-state index in [0.717, 1.165) is 0 Å². The third kappa shape index (κ3) is 4.27. The van der Waals surface area contributed by atoms with Crippen molar-refractivity contribution < 1.29 is 9.53 Å². The lowest BCUT2D eigenvalue weighted by Gasteiger charge is -2.06. The molecule has 0 spiro atoms. The first-order chi connectivity index (χ1) is 7.72. The van der Waals surface area contributed by atoms with Gasteiger partial charge in [-0.2, -0.15) is 0 Å². The summed E-state index contributed by atoms with van der Waals surface area (Å²) in [5.74, 6) is 0.0526. The summed E-state index contributed by atoms with van der Waals surface area (Å²) >= 11 is 0. The van der Waals surface area contributed by atoms with Crippen LogP contribution in [-0.2, 0) is 9.53 Å². The number of hydrogen-bond acceptors (Lipinski definition) is 5. The number of esters is 1. The number of nitrogens with one attached hydrogen (secondary N) is 2. The second kappa shape index (κ2) is 6.23. The van der Waals surface area contributed by atoms with Gasteiger partial charge >= 0.3 is 5.97 Å². The Morgan fingerprint density at radius 3 is 3.25 bits per heavy atom. The Morgan fingerprint density at radius 1 is 1.69 bits per heavy atom. The molecule has 0 bridgehead atoms. The molecule has 0 fully saturated rings. The number of allylic oxidation sites excluding steroid dienone is 2. The summed E-state index contributed by atoms with van der Waals surface area (Å²) in [6, 6.07) is 0. The van der Waals surface area contributed by atoms with E-state index >= 15 is 0 Å². The molecule has 86 valence electrons. The van der Waals surface area contributed by atoms with Crippen LogP contribution in [0.5, 0.6) is 0 Å². The number of ether oxygens (including phenoxy) is 1. The van der Waals surface area contributed by atoms with E-state index in [-0.39, 0.29) is 12.5 Å². The Balaban J connectivity index is 2.47. The minimum Gasteiger partial charge on any atom is -0.468 e. The molecule has 0 aromatic carbocycles. The molecule has 0 unspecified atom stereocenters. The van der Waals surface area contributed by atoms with E-state index in [4.69, 9.17) is 5.73 Å². The number of aliphatic imine (C=N–C) groups is 2. The van der Waals surface area contributed by atoms with Gasteiger partial charge in [0.25, 0.3) is 0 Å². The summed E-state index contributed by atoms with van der Waals surface area (Å²) in [7, 11) is 1.29. The van der Waals surface area contributed by atoms with Gasteiger partial charge in [0.15, 0.2) is 5.96 Å². The van der Waals surface area contributed by atoms with Gasteiger partial charge < -0.3 is 15.8 Å². The van der Waals surface area contributed by atoms with E-state index in [9.17, 15) is 4.79 Å². The molecule has 0 radical (unpaired) electrons. The summed E-state index contributed by atoms with van der Waals surface area (Å²) < 4.78 is 4.41. The summed E-state index contributed by atoms with van der Waals surface area (Å²) in [5, 5.41) is 5.53. The normalized spacial score (nSPS) is 14.8. The van der Waals surface area contributed by atoms with Gasteiger partial charge in [0.05, 0.1) is 7.11 Å². The highest BCUT2D eigenvalue weighted by Gasteiger charge is 2.01. The van der Waals surface area contributed by atoms with Gasteiger partial charge in [-0.15, -0.1) is 0 Å². The summed E-state index contributed by atoms with van der Waals surface area (Å²) in [6.07, 6.45) is 6.80. The molecule has 0 aliphatic carbocycles. The minimum atomic E-state index is -0.458. The van der Waals surface area contributed by atoms with Crippen LogP contribution in [0.2, 0.25) is 0 Å². The zero-order chi connectivity index (χ0) is 11.8. The van der Waals surface area contributed by atoms with Crippen LogP contribution in [-0.4, -0.2) is 31.5 Å². The Hall–Kier alpha value is -2.31. The van der Waals surface area contributed by atoms with Crippen LogP contribution in [0, 0.1) is 0 Å². The first kappa shape index (κ1) is 11.8. The van der Waals surface area contributed by atoms with Gasteiger partial charge in [0.1, 0.15) is 6.54 Å². The summed E-state index contributed by atoms with van der Waals surface area (Å²) in [4.78, 5) is 18.5. The highest BCUT2D eigenvalue weighted by atomic mass is 16.5. The maximum atomic E-state index is 10.8. The molecule has 1 heterocycles. The van der Waals surface area contributed by atoms with Crippen molar-refractivity contribution in [3.63, 3.8) is 0 Å². The van der Waals surface area contributed by atoms with Gasteiger partial charge in [-0.05, 0) is 12.2 Å². The molecule has 7 heteroatoms. The fourth-order valence-corrected chi connectivity index (χ4v) is 0.831. The van der Waals surface area contributed by atoms with Crippen molar-refractivity contribution in [1.29, 1.82) is 0 Å². The lowest BCUT2D eigenvalue weighted by molar-refractivity contribution is -0.138. The molecule has 0 amide bonds. The van der Waals surface area contributed by atoms with Crippen molar-refractivity contribution in [2.45, 2.75) is 0 Å². The van der Waals surface area contributed by atoms with Crippen LogP contribution >= 0.6 is 0 Å². The van der Waals surface area contributed by atoms with Gasteiger partial charge in [-0.1, -0.05) is 0 Å². The SMILES string of the molecule is COC(=O)CN=C(N)NC1=NC=CC=CN1. The molecule has 0 atom stereocenters. The molecule has 16 heavy (non-hydrogen) atoms. The van der Waals surface area contributed by atoms with Crippen molar-refractivity contribution in [3.8, 4) is 0 Å². The number of hydrogen-bond donors (Lipinski definition) is 3. The lowest BCUT2D eigenvalue weighted by Crippen LogP contribution is -2.42. The monoisotopic (exact) mass is 223 g/mol. The van der Waals surface area contributed by atoms with E-state index < -0.39 is 5.97 Å². The molecular weight excluding hydrogens is 210 g/mol. The molecule has 1 aliphatic rings. The zero-order valence-electron chi connectivity index (χ0n) is 8.80. The fourth-order valence-electron chi connectivity index (χ4n) is 0.831. The molecule has 0 saturated carbocycles. The second-order valence-electron chi connectivity index (χ2n) is 2.73. The number of carbonyl (C=O) groups excluding carboxylic acids is 1. The predicted molar refractivity (Wildman–Crippen MR) is 60.5 cm³/mol. The van der Waals surface area contributed by atoms with Crippen molar-refractivity contribution in [2.24, 2.45) is 15.7 Å². The third-order valence-corrected chi connectivity index (χ3v) is 1.57. The quantitative estimate of drug-likeness (QED) is 0.318. The fraction of sp³-hybridized carbons (Fsp3) is 0.222. The Kier molecular flexibility index (Phi) is 4.58. The van der Waals surface area contributed by atoms with Gasteiger partial charge in [0.2, 0.25) is 5.96 Å². The number of rotatable bonds is 2. The molecule has 0 aromatic heterocycles. The molecule has 4 N–H and O–H groups in total. The Bertz CT molecular complexity index is 370. The highest BCUT2D eigenvalue weighted by Crippen LogP contribution is 1.84. The number of guanidine groups is 2. The lowest BCUT2D eigenvalue weighted by atomic mass is 10.6. The van der Waals surface area contributed by atoms with Gasteiger partial charge in [-0.3, -0.25) is 10.1 Å². The Labute approximate surface area is 92.8 Å². The van der Waals surface area contributed by atoms with Gasteiger partial charge in [-0.25, -0.2) is 9.98 Å². The number of methoxy groups -OCH3 is 1. The van der Waals surface area contributed by atoms with E-state index in [1.165, 1.54) is 7.11 Å². The van der Waals surface area contributed by atoms with E-state index in [1.807, 2.05) is 0 Å². The predicted octanol–water partition coefficient (Wildman–Crippen LogP) is -0.950. The maximum absolute atomic E-state index is 10.8. The first-order valence-corrected chi connectivity index (χ1v) is 4.52. The van der Waals surface area contributed by atoms with E-state index in [2.05, 4.69) is 25.4 Å². The van der Waals surface area contributed by atoms with Crippen molar-refractivity contribution in [1.82, 2.24) is 10.6 Å². The van der Waals surface area contributed by atoms with Crippen LogP contribution in [0.25, 0.3) is 0 Å². The van der Waals surface area contributed by atoms with Crippen LogP contribution < -0.4 is 16.4 Å². The van der Waals surface area contributed by atoms with Crippen molar-refractivity contribution in [2.75, 3.05) is 13.7 Å². The van der Waals surface area contributed by atoms with Gasteiger partial charge in [0, 0.05) is 12.4 Å². The van der Waals surface area contributed by atoms with Crippen LogP contribution in [0.4, 0.5) is 0 Å². The smallest absolute Gasteiger partial charge is 0.327 e. The standard InChI is InChI=1S/C9H13N5O2/c1-16-7(15)6-13-8(10)14-9-11-4-2-3-5-12-9/h2-5H,6H2,1H3,(H4,10,11,12,13,14). The number of carbonyl (C=O) groups is 1. The number of nitrogens with two attached hydrogens (primary N) is 1. The van der Waals surface area contributed by atoms with Crippen LogP contribution in [0.3, 0.4) is 0 Å². The minimum absolute atomic E-state index is 0.0837. The summed E-state index contributed by atoms with van der Waals surface area (Å²) in [6.45, 7) is -0.131. The molecule has 7 nitrogen and oxygen atoms in total. The zero-order valence-corrected chi connectivity index (χ0v) is 8.80. The second-order valence-corrected chi connectivity index (χ2v) is 2.73.